The third kappa shape index (κ3) is 2.53. The van der Waals surface area contributed by atoms with Crippen molar-refractivity contribution in [3.05, 3.63) is 0 Å². The van der Waals surface area contributed by atoms with E-state index in [9.17, 15) is 14.7 Å². The second-order valence-corrected chi connectivity index (χ2v) is 6.17. The number of hydrogen-bond acceptors (Lipinski definition) is 4. The van der Waals surface area contributed by atoms with Gasteiger partial charge in [-0.05, 0) is 19.3 Å². The van der Waals surface area contributed by atoms with Crippen molar-refractivity contribution in [2.45, 2.75) is 62.7 Å². The fraction of sp³-hybridized carbons (Fsp3) is 0.733. The maximum Gasteiger partial charge on any atom is 0.308 e. The van der Waals surface area contributed by atoms with E-state index in [0.29, 0.717) is 32.1 Å². The number of carbonyl (C=O) groups excluding carboxylic acids is 1. The normalized spacial score (nSPS) is 31.2. The molecule has 0 aromatic rings. The topological polar surface area (TPSA) is 82.3 Å². The Labute approximate surface area is 123 Å². The zero-order valence-electron chi connectivity index (χ0n) is 11.9. The maximum atomic E-state index is 12.4. The Hall–Kier alpha value is -1.90. The summed E-state index contributed by atoms with van der Waals surface area (Å²) in [5.41, 5.74) is -0.437. The van der Waals surface area contributed by atoms with Crippen molar-refractivity contribution >= 4 is 11.9 Å². The molecule has 0 aromatic carbocycles. The van der Waals surface area contributed by atoms with Gasteiger partial charge in [-0.25, -0.2) is 0 Å². The van der Waals surface area contributed by atoms with E-state index < -0.39 is 17.6 Å². The van der Waals surface area contributed by atoms with E-state index in [1.165, 1.54) is 0 Å². The van der Waals surface area contributed by atoms with Crippen LogP contribution in [0.2, 0.25) is 0 Å². The van der Waals surface area contributed by atoms with Crippen LogP contribution in [0.4, 0.5) is 0 Å². The molecule has 0 aliphatic carbocycles. The van der Waals surface area contributed by atoms with Crippen LogP contribution in [-0.4, -0.2) is 39.6 Å². The lowest BCUT2D eigenvalue weighted by Crippen LogP contribution is -2.38. The first-order chi connectivity index (χ1) is 10.1. The van der Waals surface area contributed by atoms with Crippen LogP contribution < -0.4 is 0 Å². The highest BCUT2D eigenvalue weighted by Crippen LogP contribution is 2.43. The molecular weight excluding hydrogens is 270 g/mol. The molecule has 0 radical (unpaired) electrons. The van der Waals surface area contributed by atoms with Crippen LogP contribution in [-0.2, 0) is 9.59 Å². The van der Waals surface area contributed by atoms with E-state index in [1.807, 2.05) is 4.90 Å². The molecule has 0 spiro atoms. The molecule has 2 saturated heterocycles. The summed E-state index contributed by atoms with van der Waals surface area (Å²) in [5, 5.41) is 17.3. The van der Waals surface area contributed by atoms with E-state index in [0.717, 1.165) is 12.8 Å². The van der Waals surface area contributed by atoms with Crippen LogP contribution in [0.3, 0.4) is 0 Å². The number of carbonyl (C=O) groups is 2. The number of terminal acetylenes is 1. The molecule has 0 saturated carbocycles. The maximum absolute atomic E-state index is 12.4. The Bertz CT molecular complexity index is 531. The molecule has 112 valence electrons. The Morgan fingerprint density at radius 2 is 2.10 bits per heavy atom. The lowest BCUT2D eigenvalue weighted by atomic mass is 9.89. The molecule has 6 heteroatoms. The molecule has 0 aromatic heterocycles. The van der Waals surface area contributed by atoms with Gasteiger partial charge in [-0.3, -0.25) is 9.59 Å². The summed E-state index contributed by atoms with van der Waals surface area (Å²) >= 11 is 0. The number of amides is 1. The van der Waals surface area contributed by atoms with E-state index in [4.69, 9.17) is 6.42 Å². The molecular formula is C15H19N3O3. The monoisotopic (exact) mass is 289 g/mol. The molecule has 1 amide bonds. The molecule has 2 fully saturated rings. The van der Waals surface area contributed by atoms with Gasteiger partial charge in [-0.1, -0.05) is 0 Å². The van der Waals surface area contributed by atoms with Gasteiger partial charge in [-0.2, -0.15) is 10.2 Å². The third-order valence-corrected chi connectivity index (χ3v) is 4.93. The summed E-state index contributed by atoms with van der Waals surface area (Å²) in [5.74, 6) is 1.44. The SMILES string of the molecule is C#CCCC1(CCC(=O)N2C3CCC2C(C(=O)O)C3)N=N1. The molecule has 6 nitrogen and oxygen atoms in total. The Morgan fingerprint density at radius 3 is 2.67 bits per heavy atom. The minimum absolute atomic E-state index is 0.0450. The first kappa shape index (κ1) is 14.1. The van der Waals surface area contributed by atoms with Crippen molar-refractivity contribution in [2.24, 2.45) is 16.1 Å². The smallest absolute Gasteiger partial charge is 0.308 e. The van der Waals surface area contributed by atoms with E-state index >= 15 is 0 Å². The second kappa shape index (κ2) is 5.14. The predicted octanol–water partition coefficient (Wildman–Crippen LogP) is 1.81. The molecule has 3 heterocycles. The van der Waals surface area contributed by atoms with Crippen molar-refractivity contribution in [2.75, 3.05) is 0 Å². The Morgan fingerprint density at radius 1 is 1.33 bits per heavy atom. The molecule has 3 unspecified atom stereocenters. The number of hydrogen-bond donors (Lipinski definition) is 1. The van der Waals surface area contributed by atoms with Crippen LogP contribution >= 0.6 is 0 Å². The predicted molar refractivity (Wildman–Crippen MR) is 74.3 cm³/mol. The first-order valence-electron chi connectivity index (χ1n) is 7.48. The van der Waals surface area contributed by atoms with E-state index in [1.54, 1.807) is 0 Å². The van der Waals surface area contributed by atoms with Crippen molar-refractivity contribution in [3.8, 4) is 12.3 Å². The molecule has 1 N–H and O–H groups in total. The Kier molecular flexibility index (Phi) is 3.44. The van der Waals surface area contributed by atoms with Gasteiger partial charge in [0.05, 0.1) is 5.92 Å². The number of nitrogens with zero attached hydrogens (tertiary/aromatic N) is 3. The van der Waals surface area contributed by atoms with Gasteiger partial charge in [0.1, 0.15) is 0 Å². The molecule has 3 atom stereocenters. The van der Waals surface area contributed by atoms with Gasteiger partial charge in [-0.15, -0.1) is 12.3 Å². The van der Waals surface area contributed by atoms with Gasteiger partial charge in [0, 0.05) is 37.8 Å². The van der Waals surface area contributed by atoms with Crippen molar-refractivity contribution in [1.82, 2.24) is 4.90 Å². The largest absolute Gasteiger partial charge is 0.481 e. The third-order valence-electron chi connectivity index (χ3n) is 4.93. The summed E-state index contributed by atoms with van der Waals surface area (Å²) < 4.78 is 0. The number of carboxylic acid groups (broad SMARTS) is 1. The average Bonchev–Trinajstić information content (AvgIpc) is 2.99. The average molecular weight is 289 g/mol. The number of carboxylic acids is 1. The van der Waals surface area contributed by atoms with E-state index in [-0.39, 0.29) is 18.0 Å². The highest BCUT2D eigenvalue weighted by Gasteiger charge is 2.51. The summed E-state index contributed by atoms with van der Waals surface area (Å²) in [6.07, 6.45) is 9.84. The van der Waals surface area contributed by atoms with Crippen molar-refractivity contribution < 1.29 is 14.7 Å². The fourth-order valence-corrected chi connectivity index (χ4v) is 3.75. The van der Waals surface area contributed by atoms with Gasteiger partial charge < -0.3 is 10.0 Å². The summed E-state index contributed by atoms with van der Waals surface area (Å²) in [6.45, 7) is 0. The van der Waals surface area contributed by atoms with Crippen LogP contribution in [0.25, 0.3) is 0 Å². The van der Waals surface area contributed by atoms with Gasteiger partial charge >= 0.3 is 5.97 Å². The Balaban J connectivity index is 1.55. The summed E-state index contributed by atoms with van der Waals surface area (Å²) in [7, 11) is 0. The fourth-order valence-electron chi connectivity index (χ4n) is 3.75. The standard InChI is InChI=1S/C15H19N3O3/c1-2-3-7-15(16-17-15)8-6-13(19)18-10-4-5-12(18)11(9-10)14(20)21/h1,10-12H,3-9H2,(H,20,21). The van der Waals surface area contributed by atoms with Crippen LogP contribution in [0.15, 0.2) is 10.2 Å². The zero-order valence-corrected chi connectivity index (χ0v) is 11.9. The highest BCUT2D eigenvalue weighted by atomic mass is 16.4. The number of aliphatic carboxylic acids is 1. The highest BCUT2D eigenvalue weighted by molar-refractivity contribution is 5.80. The molecule has 3 aliphatic rings. The first-order valence-corrected chi connectivity index (χ1v) is 7.48. The lowest BCUT2D eigenvalue weighted by molar-refractivity contribution is -0.143. The zero-order chi connectivity index (χ0) is 15.0. The number of rotatable bonds is 6. The van der Waals surface area contributed by atoms with Gasteiger partial charge in [0.2, 0.25) is 5.91 Å². The van der Waals surface area contributed by atoms with Crippen molar-refractivity contribution in [1.29, 1.82) is 0 Å². The van der Waals surface area contributed by atoms with Gasteiger partial charge in [0.15, 0.2) is 5.66 Å². The molecule has 3 aliphatic heterocycles. The van der Waals surface area contributed by atoms with E-state index in [2.05, 4.69) is 16.1 Å². The lowest BCUT2D eigenvalue weighted by Gasteiger charge is -2.23. The minimum Gasteiger partial charge on any atom is -0.481 e. The quantitative estimate of drug-likeness (QED) is 0.757. The molecule has 2 bridgehead atoms. The molecule has 3 rings (SSSR count). The van der Waals surface area contributed by atoms with Gasteiger partial charge in [0.25, 0.3) is 0 Å². The van der Waals surface area contributed by atoms with Crippen LogP contribution in [0, 0.1) is 18.3 Å². The second-order valence-electron chi connectivity index (χ2n) is 6.17. The van der Waals surface area contributed by atoms with Crippen LogP contribution in [0.1, 0.15) is 44.9 Å². The number of fused-ring (bicyclic) bond motifs is 2. The molecule has 21 heavy (non-hydrogen) atoms. The summed E-state index contributed by atoms with van der Waals surface area (Å²) in [4.78, 5) is 25.5. The van der Waals surface area contributed by atoms with Crippen molar-refractivity contribution in [3.63, 3.8) is 0 Å². The minimum atomic E-state index is -0.780. The van der Waals surface area contributed by atoms with Crippen LogP contribution in [0.5, 0.6) is 0 Å². The summed E-state index contributed by atoms with van der Waals surface area (Å²) in [6, 6.07) is -0.00641.